The Morgan fingerprint density at radius 3 is 2.35 bits per heavy atom. The maximum atomic E-state index is 12.8. The molecule has 0 bridgehead atoms. The smallest absolute Gasteiger partial charge is 0.148 e. The predicted octanol–water partition coefficient (Wildman–Crippen LogP) is 6.11. The molecule has 0 N–H and O–H groups in total. The third-order valence-electron chi connectivity index (χ3n) is 4.86. The Kier molecular flexibility index (Phi) is 2.48. The van der Waals surface area contributed by atoms with E-state index in [1.54, 1.807) is 0 Å². The van der Waals surface area contributed by atoms with Gasteiger partial charge in [-0.3, -0.25) is 3.07 Å². The monoisotopic (exact) mass is 520 g/mol. The lowest BCUT2D eigenvalue weighted by molar-refractivity contribution is 0.648. The van der Waals surface area contributed by atoms with Gasteiger partial charge in [-0.2, -0.15) is 0 Å². The molecule has 0 radical (unpaired) electrons. The van der Waals surface area contributed by atoms with Gasteiger partial charge in [0.25, 0.3) is 0 Å². The van der Waals surface area contributed by atoms with Crippen LogP contribution >= 0.6 is 31.8 Å². The Balaban J connectivity index is 2.12. The quantitative estimate of drug-likeness (QED) is 0.137. The summed E-state index contributed by atoms with van der Waals surface area (Å²) >= 11 is -2.46. The molecular formula is C20H10I2O. The van der Waals surface area contributed by atoms with E-state index in [4.69, 9.17) is 0 Å². The number of hydrogen-bond acceptors (Lipinski definition) is 1. The summed E-state index contributed by atoms with van der Waals surface area (Å²) in [4.78, 5) is 0. The van der Waals surface area contributed by atoms with Crippen molar-refractivity contribution in [2.24, 2.45) is 0 Å². The lowest BCUT2D eigenvalue weighted by atomic mass is 9.89. The summed E-state index contributed by atoms with van der Waals surface area (Å²) in [6, 6.07) is 19.9. The van der Waals surface area contributed by atoms with Gasteiger partial charge < -0.3 is 0 Å². The Labute approximate surface area is 144 Å². The van der Waals surface area contributed by atoms with Crippen LogP contribution in [0, 0.1) is 3.57 Å². The first kappa shape index (κ1) is 13.0. The minimum atomic E-state index is -2.18. The van der Waals surface area contributed by atoms with Crippen LogP contribution in [-0.2, 0) is 3.07 Å². The topological polar surface area (TPSA) is 17.1 Å². The lowest BCUT2D eigenvalue weighted by Gasteiger charge is -2.16. The van der Waals surface area contributed by atoms with Crippen molar-refractivity contribution in [2.45, 2.75) is 0 Å². The lowest BCUT2D eigenvalue weighted by Crippen LogP contribution is -2.05. The summed E-state index contributed by atoms with van der Waals surface area (Å²) in [6.45, 7) is 0. The first-order valence-electron chi connectivity index (χ1n) is 7.46. The van der Waals surface area contributed by atoms with Crippen LogP contribution in [0.25, 0.3) is 47.2 Å². The van der Waals surface area contributed by atoms with Gasteiger partial charge in [0.15, 0.2) is 0 Å². The van der Waals surface area contributed by atoms with Crippen LogP contribution in [0.4, 0.5) is 0 Å². The summed E-state index contributed by atoms with van der Waals surface area (Å²) in [5, 5.41) is 11.7. The number of benzene rings is 5. The molecule has 0 atom stereocenters. The fraction of sp³-hybridized carbons (Fsp3) is 0. The van der Waals surface area contributed by atoms with Gasteiger partial charge >= 0.3 is 0 Å². The fourth-order valence-corrected chi connectivity index (χ4v) is 13.7. The van der Waals surface area contributed by atoms with E-state index in [0.717, 1.165) is 0 Å². The summed E-state index contributed by atoms with van der Waals surface area (Å²) in [7, 11) is 0. The van der Waals surface area contributed by atoms with Crippen LogP contribution in [0.5, 0.6) is 0 Å². The second kappa shape index (κ2) is 4.39. The highest BCUT2D eigenvalue weighted by molar-refractivity contribution is 14.8. The molecule has 3 heteroatoms. The minimum absolute atomic E-state index is 0.285. The van der Waals surface area contributed by atoms with E-state index >= 15 is 0 Å². The van der Waals surface area contributed by atoms with Crippen molar-refractivity contribution in [3.8, 4) is 0 Å². The number of rotatable bonds is 0. The van der Waals surface area contributed by atoms with Gasteiger partial charge in [-0.15, -0.1) is 0 Å². The third-order valence-corrected chi connectivity index (χ3v) is 15.3. The molecular weight excluding hydrogens is 510 g/mol. The molecule has 1 aliphatic rings. The highest BCUT2D eigenvalue weighted by Crippen LogP contribution is 2.45. The summed E-state index contributed by atoms with van der Waals surface area (Å²) < 4.78 is 16.2. The molecule has 1 aliphatic heterocycles. The Hall–Kier alpha value is -1.34. The Bertz CT molecular complexity index is 1420. The van der Waals surface area contributed by atoms with Crippen molar-refractivity contribution in [1.82, 2.24) is 0 Å². The van der Waals surface area contributed by atoms with Crippen LogP contribution in [0.1, 0.15) is 0 Å². The molecule has 0 spiro atoms. The van der Waals surface area contributed by atoms with Crippen LogP contribution in [0.3, 0.4) is 0 Å². The van der Waals surface area contributed by atoms with Gasteiger partial charge in [-0.25, -0.2) is 0 Å². The summed E-state index contributed by atoms with van der Waals surface area (Å²) in [5.41, 5.74) is 0. The van der Waals surface area contributed by atoms with E-state index < -0.39 is 15.2 Å². The molecule has 0 amide bonds. The Morgan fingerprint density at radius 2 is 1.39 bits per heavy atom. The van der Waals surface area contributed by atoms with E-state index in [2.05, 4.69) is 58.7 Å². The van der Waals surface area contributed by atoms with Gasteiger partial charge in [-0.1, -0.05) is 42.5 Å². The predicted molar refractivity (Wildman–Crippen MR) is 115 cm³/mol. The van der Waals surface area contributed by atoms with E-state index in [-0.39, 0.29) is 16.6 Å². The van der Waals surface area contributed by atoms with Crippen LogP contribution < -0.4 is 5.22 Å². The van der Waals surface area contributed by atoms with Crippen molar-refractivity contribution < 1.29 is 3.07 Å². The average Bonchev–Trinajstić information content (AvgIpc) is 2.59. The molecule has 6 rings (SSSR count). The van der Waals surface area contributed by atoms with Crippen molar-refractivity contribution in [1.29, 1.82) is 0 Å². The highest BCUT2D eigenvalue weighted by atomic mass is 128. The zero-order valence-electron chi connectivity index (χ0n) is 11.9. The van der Waals surface area contributed by atoms with Crippen molar-refractivity contribution in [3.63, 3.8) is 0 Å². The molecule has 0 saturated carbocycles. The Morgan fingerprint density at radius 1 is 0.696 bits per heavy atom. The molecule has 5 aromatic rings. The van der Waals surface area contributed by atoms with E-state index in [0.29, 0.717) is 0 Å². The van der Waals surface area contributed by atoms with Crippen LogP contribution in [0.2, 0.25) is 0 Å². The second-order valence-corrected chi connectivity index (χ2v) is 17.6. The molecule has 0 fully saturated rings. The summed E-state index contributed by atoms with van der Waals surface area (Å²) in [6.07, 6.45) is 0. The van der Waals surface area contributed by atoms with Gasteiger partial charge in [-0.05, 0) is 75.7 Å². The van der Waals surface area contributed by atoms with E-state index in [1.165, 1.54) is 51.9 Å². The zero-order chi connectivity index (χ0) is 15.1. The van der Waals surface area contributed by atoms with Crippen molar-refractivity contribution in [3.05, 3.63) is 63.4 Å². The maximum Gasteiger partial charge on any atom is 0.148 e. The fourth-order valence-electron chi connectivity index (χ4n) is 3.93. The molecule has 110 valence electrons. The zero-order valence-corrected chi connectivity index (χ0v) is 16.3. The first-order valence-corrected chi connectivity index (χ1v) is 17.0. The molecule has 0 aromatic heterocycles. The molecule has 0 unspecified atom stereocenters. The highest BCUT2D eigenvalue weighted by Gasteiger charge is 2.17. The van der Waals surface area contributed by atoms with E-state index in [9.17, 15) is 3.07 Å². The van der Waals surface area contributed by atoms with Gasteiger partial charge in [0, 0.05) is 5.39 Å². The summed E-state index contributed by atoms with van der Waals surface area (Å²) in [5.74, 6) is 0. The maximum absolute atomic E-state index is 12.8. The first-order chi connectivity index (χ1) is 11.3. The molecule has 1 nitrogen and oxygen atoms in total. The molecule has 0 saturated heterocycles. The normalized spacial score (nSPS) is 15.1. The van der Waals surface area contributed by atoms with Crippen LogP contribution in [-0.4, -0.2) is 0 Å². The van der Waals surface area contributed by atoms with Gasteiger partial charge in [0.2, 0.25) is 0 Å². The SMILES string of the molecule is O=I1=IC=c2ccc3cc4cccc5ccc6cc1c2c3c6c54. The van der Waals surface area contributed by atoms with E-state index in [1.807, 2.05) is 0 Å². The number of halogens is 2. The number of hydrogen-bond donors (Lipinski definition) is 0. The molecule has 5 aromatic carbocycles. The van der Waals surface area contributed by atoms with Gasteiger partial charge in [0.1, 0.15) is 15.2 Å². The largest absolute Gasteiger partial charge is 0.268 e. The van der Waals surface area contributed by atoms with Crippen molar-refractivity contribution in [2.75, 3.05) is 0 Å². The molecule has 23 heavy (non-hydrogen) atoms. The standard InChI is InChI=1S/C20H10I2O/c23-22-16-9-14-5-4-11-2-1-3-12-8-13-6-7-15(10-21-22)18(16)20(13)19(14)17(11)12/h1-10H. The molecule has 0 aliphatic carbocycles. The van der Waals surface area contributed by atoms with Crippen molar-refractivity contribution >= 4 is 79.0 Å². The van der Waals surface area contributed by atoms with Crippen LogP contribution in [0.15, 0.2) is 54.6 Å². The molecule has 1 heterocycles. The van der Waals surface area contributed by atoms with Gasteiger partial charge in [0.05, 0.1) is 3.57 Å². The second-order valence-electron chi connectivity index (χ2n) is 6.00. The minimum Gasteiger partial charge on any atom is -0.268 e. The third kappa shape index (κ3) is 1.57. The average molecular weight is 520 g/mol.